The summed E-state index contributed by atoms with van der Waals surface area (Å²) < 4.78 is 5.62. The van der Waals surface area contributed by atoms with Gasteiger partial charge in [0, 0.05) is 34.5 Å². The number of rotatable bonds is 5. The number of amides is 1. The molecule has 0 saturated heterocycles. The van der Waals surface area contributed by atoms with Crippen LogP contribution in [0.2, 0.25) is 5.02 Å². The van der Waals surface area contributed by atoms with E-state index in [1.54, 1.807) is 48.5 Å². The molecule has 7 nitrogen and oxygen atoms in total. The van der Waals surface area contributed by atoms with Crippen molar-refractivity contribution >= 4 is 35.0 Å². The summed E-state index contributed by atoms with van der Waals surface area (Å²) in [6.07, 6.45) is 1.32. The number of carbonyl (C=O) groups excluding carboxylic acids is 1. The Morgan fingerprint density at radius 2 is 1.79 bits per heavy atom. The summed E-state index contributed by atoms with van der Waals surface area (Å²) in [5, 5.41) is 23.1. The van der Waals surface area contributed by atoms with E-state index in [0.717, 1.165) is 0 Å². The highest BCUT2D eigenvalue weighted by Gasteiger charge is 2.12. The lowest BCUT2D eigenvalue weighted by molar-refractivity contribution is -0.384. The summed E-state index contributed by atoms with van der Waals surface area (Å²) in [5.74, 6) is 0.172. The van der Waals surface area contributed by atoms with E-state index >= 15 is 0 Å². The fourth-order valence-electron chi connectivity index (χ4n) is 2.36. The number of nitrogens with one attached hydrogen (secondary N) is 1. The second-order valence-electron chi connectivity index (χ2n) is 5.64. The lowest BCUT2D eigenvalue weighted by atomic mass is 10.1. The molecule has 0 spiro atoms. The van der Waals surface area contributed by atoms with Gasteiger partial charge >= 0.3 is 0 Å². The third-order valence-electron chi connectivity index (χ3n) is 3.74. The molecule has 0 atom stereocenters. The standard InChI is InChI=1S/C20H12ClN3O4/c21-15-3-5-16(6-4-15)23-20(25)14(12-22)11-18-9-10-19(28-18)13-1-7-17(8-2-13)24(26)27/h1-11H,(H,23,25)/b14-11+. The smallest absolute Gasteiger partial charge is 0.269 e. The maximum atomic E-state index is 12.3. The van der Waals surface area contributed by atoms with Gasteiger partial charge in [0.15, 0.2) is 0 Å². The van der Waals surface area contributed by atoms with Gasteiger partial charge in [-0.1, -0.05) is 11.6 Å². The van der Waals surface area contributed by atoms with Crippen LogP contribution in [0.1, 0.15) is 5.76 Å². The van der Waals surface area contributed by atoms with Crippen LogP contribution in [-0.2, 0) is 4.79 Å². The molecule has 138 valence electrons. The van der Waals surface area contributed by atoms with Gasteiger partial charge in [0.1, 0.15) is 23.2 Å². The monoisotopic (exact) mass is 393 g/mol. The molecule has 0 unspecified atom stereocenters. The topological polar surface area (TPSA) is 109 Å². The van der Waals surface area contributed by atoms with Gasteiger partial charge in [-0.05, 0) is 48.5 Å². The molecule has 2 aromatic carbocycles. The predicted octanol–water partition coefficient (Wildman–Crippen LogP) is 5.05. The van der Waals surface area contributed by atoms with Gasteiger partial charge in [-0.15, -0.1) is 0 Å². The zero-order chi connectivity index (χ0) is 20.1. The van der Waals surface area contributed by atoms with E-state index in [9.17, 15) is 20.2 Å². The molecule has 0 aliphatic rings. The van der Waals surface area contributed by atoms with Crippen molar-refractivity contribution in [3.05, 3.63) is 87.1 Å². The minimum absolute atomic E-state index is 0.0268. The van der Waals surface area contributed by atoms with E-state index < -0.39 is 10.8 Å². The molecule has 3 rings (SSSR count). The number of nitriles is 1. The van der Waals surface area contributed by atoms with Crippen molar-refractivity contribution in [3.8, 4) is 17.4 Å². The minimum Gasteiger partial charge on any atom is -0.457 e. The first kappa shape index (κ1) is 18.9. The SMILES string of the molecule is N#C/C(=C\c1ccc(-c2ccc([N+](=O)[O-])cc2)o1)C(=O)Nc1ccc(Cl)cc1. The molecule has 8 heteroatoms. The molecule has 0 aliphatic carbocycles. The number of nitro benzene ring substituents is 1. The zero-order valence-electron chi connectivity index (χ0n) is 14.3. The molecular weight excluding hydrogens is 382 g/mol. The number of anilines is 1. The lowest BCUT2D eigenvalue weighted by Crippen LogP contribution is -2.13. The van der Waals surface area contributed by atoms with Crippen LogP contribution < -0.4 is 5.32 Å². The van der Waals surface area contributed by atoms with Crippen molar-refractivity contribution < 1.29 is 14.1 Å². The Labute approximate surface area is 164 Å². The predicted molar refractivity (Wildman–Crippen MR) is 104 cm³/mol. The summed E-state index contributed by atoms with van der Waals surface area (Å²) in [4.78, 5) is 22.5. The summed E-state index contributed by atoms with van der Waals surface area (Å²) >= 11 is 5.80. The molecule has 0 aliphatic heterocycles. The average molecular weight is 394 g/mol. The van der Waals surface area contributed by atoms with Gasteiger partial charge in [0.25, 0.3) is 11.6 Å². The summed E-state index contributed by atoms with van der Waals surface area (Å²) in [7, 11) is 0. The third kappa shape index (κ3) is 4.44. The number of carbonyl (C=O) groups is 1. The van der Waals surface area contributed by atoms with E-state index in [1.165, 1.54) is 18.2 Å². The number of halogens is 1. The van der Waals surface area contributed by atoms with E-state index in [1.807, 2.05) is 6.07 Å². The first-order chi connectivity index (χ1) is 13.5. The van der Waals surface area contributed by atoms with Crippen LogP contribution in [0.25, 0.3) is 17.4 Å². The van der Waals surface area contributed by atoms with E-state index in [4.69, 9.17) is 16.0 Å². The maximum absolute atomic E-state index is 12.3. The number of nitro groups is 1. The highest BCUT2D eigenvalue weighted by Crippen LogP contribution is 2.25. The quantitative estimate of drug-likeness (QED) is 0.282. The van der Waals surface area contributed by atoms with Gasteiger partial charge in [-0.25, -0.2) is 0 Å². The fraction of sp³-hybridized carbons (Fsp3) is 0. The van der Waals surface area contributed by atoms with Crippen LogP contribution in [0.4, 0.5) is 11.4 Å². The zero-order valence-corrected chi connectivity index (χ0v) is 15.0. The van der Waals surface area contributed by atoms with E-state index in [-0.39, 0.29) is 11.3 Å². The van der Waals surface area contributed by atoms with Gasteiger partial charge in [0.05, 0.1) is 4.92 Å². The van der Waals surface area contributed by atoms with Crippen LogP contribution in [0.15, 0.2) is 70.7 Å². The van der Waals surface area contributed by atoms with Gasteiger partial charge in [-0.2, -0.15) is 5.26 Å². The largest absolute Gasteiger partial charge is 0.457 e. The highest BCUT2D eigenvalue weighted by atomic mass is 35.5. The molecule has 1 amide bonds. The van der Waals surface area contributed by atoms with Crippen LogP contribution in [0.3, 0.4) is 0 Å². The molecule has 0 saturated carbocycles. The summed E-state index contributed by atoms with van der Waals surface area (Å²) in [6, 6.07) is 17.4. The van der Waals surface area contributed by atoms with E-state index in [2.05, 4.69) is 5.32 Å². The first-order valence-corrected chi connectivity index (χ1v) is 8.37. The normalized spacial score (nSPS) is 10.9. The van der Waals surface area contributed by atoms with Gasteiger partial charge in [-0.3, -0.25) is 14.9 Å². The Bertz CT molecular complexity index is 1090. The lowest BCUT2D eigenvalue weighted by Gasteiger charge is -2.03. The van der Waals surface area contributed by atoms with Gasteiger partial charge in [0.2, 0.25) is 0 Å². The number of hydrogen-bond acceptors (Lipinski definition) is 5. The molecule has 3 aromatic rings. The van der Waals surface area contributed by atoms with Crippen molar-refractivity contribution in [2.45, 2.75) is 0 Å². The summed E-state index contributed by atoms with van der Waals surface area (Å²) in [5.41, 5.74) is 0.969. The van der Waals surface area contributed by atoms with Crippen molar-refractivity contribution in [2.75, 3.05) is 5.32 Å². The van der Waals surface area contributed by atoms with Crippen molar-refractivity contribution in [3.63, 3.8) is 0 Å². The molecule has 0 fully saturated rings. The molecule has 1 heterocycles. The molecule has 28 heavy (non-hydrogen) atoms. The number of hydrogen-bond donors (Lipinski definition) is 1. The van der Waals surface area contributed by atoms with Gasteiger partial charge < -0.3 is 9.73 Å². The fourth-order valence-corrected chi connectivity index (χ4v) is 2.48. The number of non-ortho nitro benzene ring substituents is 1. The number of nitrogens with zero attached hydrogens (tertiary/aromatic N) is 2. The van der Waals surface area contributed by atoms with E-state index in [0.29, 0.717) is 27.8 Å². The number of furan rings is 1. The van der Waals surface area contributed by atoms with Crippen LogP contribution in [0.5, 0.6) is 0 Å². The van der Waals surface area contributed by atoms with Crippen molar-refractivity contribution in [2.24, 2.45) is 0 Å². The first-order valence-electron chi connectivity index (χ1n) is 7.99. The summed E-state index contributed by atoms with van der Waals surface area (Å²) in [6.45, 7) is 0. The Morgan fingerprint density at radius 3 is 2.39 bits per heavy atom. The second kappa shape index (κ2) is 8.20. The molecule has 0 bridgehead atoms. The Balaban J connectivity index is 1.78. The van der Waals surface area contributed by atoms with Crippen molar-refractivity contribution in [1.29, 1.82) is 5.26 Å². The van der Waals surface area contributed by atoms with Crippen LogP contribution >= 0.6 is 11.6 Å². The highest BCUT2D eigenvalue weighted by molar-refractivity contribution is 6.30. The second-order valence-corrected chi connectivity index (χ2v) is 6.07. The average Bonchev–Trinajstić information content (AvgIpc) is 3.16. The molecule has 0 radical (unpaired) electrons. The van der Waals surface area contributed by atoms with Crippen LogP contribution in [-0.4, -0.2) is 10.8 Å². The van der Waals surface area contributed by atoms with Crippen LogP contribution in [0, 0.1) is 21.4 Å². The number of benzene rings is 2. The maximum Gasteiger partial charge on any atom is 0.269 e. The Kier molecular flexibility index (Phi) is 5.53. The molecular formula is C20H12ClN3O4. The minimum atomic E-state index is -0.585. The molecule has 1 aromatic heterocycles. The molecule has 1 N–H and O–H groups in total. The Hall–Kier alpha value is -3.89. The Morgan fingerprint density at radius 1 is 1.11 bits per heavy atom. The third-order valence-corrected chi connectivity index (χ3v) is 4.00. The van der Waals surface area contributed by atoms with Crippen molar-refractivity contribution in [1.82, 2.24) is 0 Å².